The van der Waals surface area contributed by atoms with Crippen molar-refractivity contribution in [3.05, 3.63) is 24.0 Å². The highest BCUT2D eigenvalue weighted by atomic mass is 32.2. The number of rotatable bonds is 4. The number of imidazole rings is 1. The Morgan fingerprint density at radius 1 is 1.53 bits per heavy atom. The maximum absolute atomic E-state index is 13.4. The van der Waals surface area contributed by atoms with Crippen LogP contribution in [0.2, 0.25) is 0 Å². The summed E-state index contributed by atoms with van der Waals surface area (Å²) in [6.45, 7) is 0. The quantitative estimate of drug-likeness (QED) is 0.874. The van der Waals surface area contributed by atoms with Gasteiger partial charge in [-0.2, -0.15) is 0 Å². The van der Waals surface area contributed by atoms with Crippen molar-refractivity contribution in [2.45, 2.75) is 30.5 Å². The smallest absolute Gasteiger partial charge is 0.313 e. The van der Waals surface area contributed by atoms with Crippen molar-refractivity contribution in [3.63, 3.8) is 0 Å². The minimum atomic E-state index is -0.872. The van der Waals surface area contributed by atoms with Gasteiger partial charge in [-0.15, -0.1) is 0 Å². The second-order valence-corrected chi connectivity index (χ2v) is 5.61. The number of fused-ring (bicyclic) bond motifs is 1. The topological polar surface area (TPSA) is 55.1 Å². The van der Waals surface area contributed by atoms with Crippen LogP contribution in [0.4, 0.5) is 4.39 Å². The third kappa shape index (κ3) is 2.32. The predicted octanol–water partition coefficient (Wildman–Crippen LogP) is 3.08. The molecule has 0 spiro atoms. The summed E-state index contributed by atoms with van der Waals surface area (Å²) in [4.78, 5) is 15.1. The van der Waals surface area contributed by atoms with Crippen LogP contribution in [0.25, 0.3) is 11.0 Å². The van der Waals surface area contributed by atoms with E-state index in [-0.39, 0.29) is 11.6 Å². The number of halogens is 1. The Morgan fingerprint density at radius 3 is 2.95 bits per heavy atom. The molecular formula is C13H13FN2O2S. The van der Waals surface area contributed by atoms with E-state index >= 15 is 0 Å². The van der Waals surface area contributed by atoms with Crippen LogP contribution in [0, 0.1) is 5.82 Å². The second kappa shape index (κ2) is 4.85. The van der Waals surface area contributed by atoms with Crippen molar-refractivity contribution in [2.24, 2.45) is 0 Å². The van der Waals surface area contributed by atoms with Gasteiger partial charge in [-0.25, -0.2) is 9.37 Å². The minimum Gasteiger partial charge on any atom is -0.481 e. The number of thioether (sulfide) groups is 1. The van der Waals surface area contributed by atoms with Crippen molar-refractivity contribution in [2.75, 3.05) is 5.75 Å². The van der Waals surface area contributed by atoms with Gasteiger partial charge in [0.25, 0.3) is 0 Å². The molecule has 0 amide bonds. The normalized spacial score (nSPS) is 15.6. The minimum absolute atomic E-state index is 0.0292. The van der Waals surface area contributed by atoms with E-state index in [0.29, 0.717) is 11.2 Å². The molecule has 0 aliphatic heterocycles. The fourth-order valence-corrected chi connectivity index (χ4v) is 3.07. The summed E-state index contributed by atoms with van der Waals surface area (Å²) in [6, 6.07) is 4.82. The number of aromatic nitrogens is 2. The lowest BCUT2D eigenvalue weighted by molar-refractivity contribution is -0.133. The maximum atomic E-state index is 13.4. The zero-order chi connectivity index (χ0) is 13.4. The van der Waals surface area contributed by atoms with Crippen LogP contribution < -0.4 is 0 Å². The highest BCUT2D eigenvalue weighted by Crippen LogP contribution is 2.38. The Morgan fingerprint density at radius 2 is 2.32 bits per heavy atom. The molecule has 1 saturated carbocycles. The van der Waals surface area contributed by atoms with Gasteiger partial charge in [0.1, 0.15) is 5.82 Å². The molecule has 100 valence electrons. The Hall–Kier alpha value is -1.56. The van der Waals surface area contributed by atoms with Gasteiger partial charge in [0.15, 0.2) is 5.16 Å². The van der Waals surface area contributed by atoms with Gasteiger partial charge in [-0.3, -0.25) is 4.79 Å². The van der Waals surface area contributed by atoms with Crippen LogP contribution in [-0.2, 0) is 4.79 Å². The number of aliphatic carboxylic acids is 1. The SMILES string of the molecule is O=C(O)CSc1nc2ccc(F)cc2n1C1CCC1. The van der Waals surface area contributed by atoms with Crippen LogP contribution in [0.5, 0.6) is 0 Å². The summed E-state index contributed by atoms with van der Waals surface area (Å²) in [5, 5.41) is 9.45. The number of nitrogens with zero attached hydrogens (tertiary/aromatic N) is 2. The average Bonchev–Trinajstić information content (AvgIpc) is 2.63. The van der Waals surface area contributed by atoms with E-state index in [9.17, 15) is 9.18 Å². The first kappa shape index (κ1) is 12.5. The lowest BCUT2D eigenvalue weighted by Gasteiger charge is -2.28. The van der Waals surface area contributed by atoms with E-state index in [1.807, 2.05) is 4.57 Å². The summed E-state index contributed by atoms with van der Waals surface area (Å²) in [5.41, 5.74) is 1.48. The maximum Gasteiger partial charge on any atom is 0.313 e. The molecule has 19 heavy (non-hydrogen) atoms. The van der Waals surface area contributed by atoms with Gasteiger partial charge >= 0.3 is 5.97 Å². The largest absolute Gasteiger partial charge is 0.481 e. The number of hydrogen-bond donors (Lipinski definition) is 1. The number of hydrogen-bond acceptors (Lipinski definition) is 3. The number of carboxylic acid groups (broad SMARTS) is 1. The fourth-order valence-electron chi connectivity index (χ4n) is 2.27. The van der Waals surface area contributed by atoms with E-state index in [0.717, 1.165) is 30.3 Å². The molecule has 2 aromatic rings. The van der Waals surface area contributed by atoms with Crippen LogP contribution in [-0.4, -0.2) is 26.4 Å². The monoisotopic (exact) mass is 280 g/mol. The zero-order valence-electron chi connectivity index (χ0n) is 10.2. The van der Waals surface area contributed by atoms with Crippen molar-refractivity contribution in [1.82, 2.24) is 9.55 Å². The zero-order valence-corrected chi connectivity index (χ0v) is 11.0. The second-order valence-electron chi connectivity index (χ2n) is 4.66. The lowest BCUT2D eigenvalue weighted by Crippen LogP contribution is -2.18. The molecule has 0 radical (unpaired) electrons. The standard InChI is InChI=1S/C13H13FN2O2S/c14-8-4-5-10-11(6-8)16(9-2-1-3-9)13(15-10)19-7-12(17)18/h4-6,9H,1-3,7H2,(H,17,18). The van der Waals surface area contributed by atoms with Crippen molar-refractivity contribution < 1.29 is 14.3 Å². The third-order valence-electron chi connectivity index (χ3n) is 3.38. The Balaban J connectivity index is 2.05. The number of carbonyl (C=O) groups is 1. The van der Waals surface area contributed by atoms with Gasteiger partial charge < -0.3 is 9.67 Å². The predicted molar refractivity (Wildman–Crippen MR) is 70.9 cm³/mol. The highest BCUT2D eigenvalue weighted by Gasteiger charge is 2.25. The molecule has 1 aromatic carbocycles. The Bertz CT molecular complexity index is 637. The molecule has 1 fully saturated rings. The van der Waals surface area contributed by atoms with E-state index < -0.39 is 5.97 Å². The summed E-state index contributed by atoms with van der Waals surface area (Å²) in [7, 11) is 0. The molecule has 6 heteroatoms. The molecule has 1 aliphatic rings. The molecule has 0 saturated heterocycles. The first-order chi connectivity index (χ1) is 9.15. The van der Waals surface area contributed by atoms with E-state index in [1.165, 1.54) is 23.9 Å². The van der Waals surface area contributed by atoms with Gasteiger partial charge in [-0.1, -0.05) is 11.8 Å². The summed E-state index contributed by atoms with van der Waals surface area (Å²) in [6.07, 6.45) is 3.24. The summed E-state index contributed by atoms with van der Waals surface area (Å²) < 4.78 is 15.4. The van der Waals surface area contributed by atoms with Crippen molar-refractivity contribution >= 4 is 28.8 Å². The molecule has 0 atom stereocenters. The van der Waals surface area contributed by atoms with Crippen LogP contribution in [0.1, 0.15) is 25.3 Å². The van der Waals surface area contributed by atoms with E-state index in [4.69, 9.17) is 5.11 Å². The highest BCUT2D eigenvalue weighted by molar-refractivity contribution is 7.99. The van der Waals surface area contributed by atoms with Crippen LogP contribution in [0.3, 0.4) is 0 Å². The summed E-state index contributed by atoms with van der Waals surface area (Å²) in [5.74, 6) is -1.19. The van der Waals surface area contributed by atoms with Gasteiger partial charge in [0.05, 0.1) is 16.8 Å². The van der Waals surface area contributed by atoms with E-state index in [2.05, 4.69) is 4.98 Å². The molecule has 0 bridgehead atoms. The van der Waals surface area contributed by atoms with Gasteiger partial charge in [0.2, 0.25) is 0 Å². The molecule has 1 N–H and O–H groups in total. The first-order valence-corrected chi connectivity index (χ1v) is 7.16. The summed E-state index contributed by atoms with van der Waals surface area (Å²) >= 11 is 1.19. The Labute approximate surface area is 113 Å². The van der Waals surface area contributed by atoms with Gasteiger partial charge in [-0.05, 0) is 37.5 Å². The molecular weight excluding hydrogens is 267 g/mol. The molecule has 0 unspecified atom stereocenters. The number of benzene rings is 1. The first-order valence-electron chi connectivity index (χ1n) is 6.17. The molecule has 1 aliphatic carbocycles. The van der Waals surface area contributed by atoms with Crippen molar-refractivity contribution in [1.29, 1.82) is 0 Å². The lowest BCUT2D eigenvalue weighted by atomic mass is 9.93. The van der Waals surface area contributed by atoms with E-state index in [1.54, 1.807) is 6.07 Å². The fraction of sp³-hybridized carbons (Fsp3) is 0.385. The molecule has 1 aromatic heterocycles. The Kier molecular flexibility index (Phi) is 3.18. The molecule has 1 heterocycles. The van der Waals surface area contributed by atoms with Crippen LogP contribution >= 0.6 is 11.8 Å². The molecule has 4 nitrogen and oxygen atoms in total. The molecule has 3 rings (SSSR count). The third-order valence-corrected chi connectivity index (χ3v) is 4.32. The van der Waals surface area contributed by atoms with Crippen molar-refractivity contribution in [3.8, 4) is 0 Å². The van der Waals surface area contributed by atoms with Gasteiger partial charge in [0, 0.05) is 6.04 Å². The van der Waals surface area contributed by atoms with Crippen LogP contribution in [0.15, 0.2) is 23.4 Å². The average molecular weight is 280 g/mol. The number of carboxylic acids is 1.